The Kier molecular flexibility index (Phi) is 1.17. The molecule has 62 valence electrons. The maximum absolute atomic E-state index is 3.46. The van der Waals surface area contributed by atoms with Crippen LogP contribution in [0.4, 0.5) is 0 Å². The van der Waals surface area contributed by atoms with Gasteiger partial charge in [-0.3, -0.25) is 0 Å². The van der Waals surface area contributed by atoms with Gasteiger partial charge in [0.15, 0.2) is 0 Å². The van der Waals surface area contributed by atoms with Crippen LogP contribution in [0.15, 0.2) is 24.3 Å². The molecule has 1 heteroatoms. The molecule has 1 unspecified atom stereocenters. The Labute approximate surface area is 72.8 Å². The molecule has 1 fully saturated rings. The second-order valence-corrected chi connectivity index (χ2v) is 4.04. The number of hydrogen-bond acceptors (Lipinski definition) is 1. The van der Waals surface area contributed by atoms with Crippen molar-refractivity contribution < 1.29 is 0 Å². The molecule has 1 aromatic carbocycles. The van der Waals surface area contributed by atoms with Gasteiger partial charge in [0.05, 0.1) is 0 Å². The van der Waals surface area contributed by atoms with Gasteiger partial charge < -0.3 is 5.32 Å². The molecule has 2 aliphatic rings. The zero-order chi connectivity index (χ0) is 8.02. The summed E-state index contributed by atoms with van der Waals surface area (Å²) in [5.74, 6) is 0. The summed E-state index contributed by atoms with van der Waals surface area (Å²) in [4.78, 5) is 0. The van der Waals surface area contributed by atoms with Crippen LogP contribution in [0.2, 0.25) is 0 Å². The van der Waals surface area contributed by atoms with Gasteiger partial charge in [-0.1, -0.05) is 24.3 Å². The smallest absolute Gasteiger partial charge is 0.0133 e. The molecule has 1 aromatic rings. The summed E-state index contributed by atoms with van der Waals surface area (Å²) in [6.45, 7) is 2.40. The van der Waals surface area contributed by atoms with Gasteiger partial charge in [0.25, 0.3) is 0 Å². The third-order valence-electron chi connectivity index (χ3n) is 3.36. The Morgan fingerprint density at radius 3 is 2.92 bits per heavy atom. The van der Waals surface area contributed by atoms with Gasteiger partial charge >= 0.3 is 0 Å². The molecule has 0 bridgehead atoms. The maximum Gasteiger partial charge on any atom is 0.0133 e. The lowest BCUT2D eigenvalue weighted by Crippen LogP contribution is -2.40. The fourth-order valence-corrected chi connectivity index (χ4v) is 2.67. The predicted octanol–water partition coefficient (Wildman–Crippen LogP) is 1.47. The van der Waals surface area contributed by atoms with Crippen molar-refractivity contribution in [2.24, 2.45) is 0 Å². The van der Waals surface area contributed by atoms with E-state index in [4.69, 9.17) is 0 Å². The topological polar surface area (TPSA) is 12.0 Å². The van der Waals surface area contributed by atoms with Crippen LogP contribution in [-0.4, -0.2) is 13.1 Å². The van der Waals surface area contributed by atoms with E-state index in [1.807, 2.05) is 0 Å². The van der Waals surface area contributed by atoms with Crippen molar-refractivity contribution in [1.29, 1.82) is 0 Å². The van der Waals surface area contributed by atoms with E-state index in [1.54, 1.807) is 11.1 Å². The molecule has 1 atom stereocenters. The Balaban J connectivity index is 2.06. The molecule has 0 radical (unpaired) electrons. The minimum atomic E-state index is 0.538. The van der Waals surface area contributed by atoms with Crippen LogP contribution in [0.25, 0.3) is 0 Å². The van der Waals surface area contributed by atoms with Crippen molar-refractivity contribution in [3.63, 3.8) is 0 Å². The molecule has 0 saturated carbocycles. The summed E-state index contributed by atoms with van der Waals surface area (Å²) in [5.41, 5.74) is 3.72. The number of fused-ring (bicyclic) bond motifs is 2. The van der Waals surface area contributed by atoms with E-state index in [1.165, 1.54) is 25.9 Å². The summed E-state index contributed by atoms with van der Waals surface area (Å²) in [6, 6.07) is 8.87. The third-order valence-corrected chi connectivity index (χ3v) is 3.36. The molecule has 0 amide bonds. The first-order valence-corrected chi connectivity index (χ1v) is 4.70. The van der Waals surface area contributed by atoms with Gasteiger partial charge in [-0.05, 0) is 30.5 Å². The second kappa shape index (κ2) is 2.11. The summed E-state index contributed by atoms with van der Waals surface area (Å²) in [6.07, 6.45) is 2.64. The van der Waals surface area contributed by atoms with Crippen molar-refractivity contribution in [1.82, 2.24) is 5.32 Å². The Morgan fingerprint density at radius 1 is 1.25 bits per heavy atom. The number of rotatable bonds is 0. The zero-order valence-corrected chi connectivity index (χ0v) is 7.14. The quantitative estimate of drug-likeness (QED) is 0.604. The van der Waals surface area contributed by atoms with Crippen LogP contribution in [0.1, 0.15) is 17.5 Å². The summed E-state index contributed by atoms with van der Waals surface area (Å²) < 4.78 is 0. The molecule has 12 heavy (non-hydrogen) atoms. The number of benzene rings is 1. The molecule has 1 nitrogen and oxygen atoms in total. The Bertz CT molecular complexity index is 311. The Hall–Kier alpha value is -0.820. The first-order chi connectivity index (χ1) is 5.91. The van der Waals surface area contributed by atoms with Crippen molar-refractivity contribution in [2.75, 3.05) is 13.1 Å². The molecule has 1 aliphatic heterocycles. The van der Waals surface area contributed by atoms with E-state index in [9.17, 15) is 0 Å². The standard InChI is InChI=1S/C11H13N/c1-2-4-10-9(3-1)7-11(10)5-6-12-8-11/h1-4,12H,5-8H2. The van der Waals surface area contributed by atoms with E-state index in [0.717, 1.165) is 0 Å². The van der Waals surface area contributed by atoms with Gasteiger partial charge in [0, 0.05) is 12.0 Å². The monoisotopic (exact) mass is 159 g/mol. The average Bonchev–Trinajstić information content (AvgIpc) is 2.54. The lowest BCUT2D eigenvalue weighted by Gasteiger charge is -2.40. The van der Waals surface area contributed by atoms with Gasteiger partial charge in [0.1, 0.15) is 0 Å². The number of hydrogen-bond donors (Lipinski definition) is 1. The van der Waals surface area contributed by atoms with Crippen molar-refractivity contribution in [3.8, 4) is 0 Å². The SMILES string of the molecule is c1ccc2c(c1)CC21CCNC1. The molecule has 1 spiro atoms. The van der Waals surface area contributed by atoms with E-state index >= 15 is 0 Å². The lowest BCUT2D eigenvalue weighted by molar-refractivity contribution is 0.408. The minimum absolute atomic E-state index is 0.538. The molecule has 0 aromatic heterocycles. The fourth-order valence-electron chi connectivity index (χ4n) is 2.67. The molecular weight excluding hydrogens is 146 g/mol. The molecule has 1 heterocycles. The summed E-state index contributed by atoms with van der Waals surface area (Å²) in [7, 11) is 0. The lowest BCUT2D eigenvalue weighted by atomic mass is 9.63. The van der Waals surface area contributed by atoms with Crippen LogP contribution in [0.3, 0.4) is 0 Å². The molecule has 3 rings (SSSR count). The van der Waals surface area contributed by atoms with E-state index in [0.29, 0.717) is 5.41 Å². The minimum Gasteiger partial charge on any atom is -0.316 e. The van der Waals surface area contributed by atoms with Crippen LogP contribution in [0.5, 0.6) is 0 Å². The third kappa shape index (κ3) is 0.674. The second-order valence-electron chi connectivity index (χ2n) is 4.04. The van der Waals surface area contributed by atoms with Crippen molar-refractivity contribution in [3.05, 3.63) is 35.4 Å². The highest BCUT2D eigenvalue weighted by molar-refractivity contribution is 5.46. The van der Waals surface area contributed by atoms with E-state index in [-0.39, 0.29) is 0 Å². The van der Waals surface area contributed by atoms with Crippen molar-refractivity contribution >= 4 is 0 Å². The first kappa shape index (κ1) is 6.67. The first-order valence-electron chi connectivity index (χ1n) is 4.70. The highest BCUT2D eigenvalue weighted by Gasteiger charge is 2.43. The summed E-state index contributed by atoms with van der Waals surface area (Å²) in [5, 5.41) is 3.46. The van der Waals surface area contributed by atoms with Crippen LogP contribution in [0, 0.1) is 0 Å². The summed E-state index contributed by atoms with van der Waals surface area (Å²) >= 11 is 0. The molecule has 1 saturated heterocycles. The molecular formula is C11H13N. The van der Waals surface area contributed by atoms with Gasteiger partial charge in [-0.2, -0.15) is 0 Å². The molecule has 1 N–H and O–H groups in total. The zero-order valence-electron chi connectivity index (χ0n) is 7.14. The highest BCUT2D eigenvalue weighted by Crippen LogP contribution is 2.44. The number of nitrogens with one attached hydrogen (secondary N) is 1. The van der Waals surface area contributed by atoms with E-state index in [2.05, 4.69) is 29.6 Å². The normalized spacial score (nSPS) is 31.7. The average molecular weight is 159 g/mol. The van der Waals surface area contributed by atoms with Crippen LogP contribution >= 0.6 is 0 Å². The van der Waals surface area contributed by atoms with Gasteiger partial charge in [0.2, 0.25) is 0 Å². The van der Waals surface area contributed by atoms with Crippen LogP contribution < -0.4 is 5.32 Å². The Morgan fingerprint density at radius 2 is 2.17 bits per heavy atom. The van der Waals surface area contributed by atoms with Gasteiger partial charge in [-0.15, -0.1) is 0 Å². The largest absolute Gasteiger partial charge is 0.316 e. The van der Waals surface area contributed by atoms with E-state index < -0.39 is 0 Å². The predicted molar refractivity (Wildman–Crippen MR) is 49.3 cm³/mol. The fraction of sp³-hybridized carbons (Fsp3) is 0.455. The van der Waals surface area contributed by atoms with Crippen LogP contribution in [-0.2, 0) is 11.8 Å². The maximum atomic E-state index is 3.46. The van der Waals surface area contributed by atoms with Crippen molar-refractivity contribution in [2.45, 2.75) is 18.3 Å². The molecule has 1 aliphatic carbocycles. The van der Waals surface area contributed by atoms with Gasteiger partial charge in [-0.25, -0.2) is 0 Å². The highest BCUT2D eigenvalue weighted by atomic mass is 14.9.